The van der Waals surface area contributed by atoms with E-state index in [1.165, 1.54) is 6.42 Å². The van der Waals surface area contributed by atoms with Crippen molar-refractivity contribution in [2.75, 3.05) is 13.2 Å². The molecule has 1 aromatic rings. The normalized spacial score (nSPS) is 12.8. The zero-order valence-corrected chi connectivity index (χ0v) is 17.8. The molecule has 0 bridgehead atoms. The van der Waals surface area contributed by atoms with Gasteiger partial charge in [-0.2, -0.15) is 13.2 Å². The SMILES string of the molecule is [C-]#[N+]/C(C(=O)OCCc1ccc(OCC(CC)CCCC)cc1)=C(/O)C(F)(F)F.[Cu]. The fourth-order valence-electron chi connectivity index (χ4n) is 2.52. The molecule has 0 amide bonds. The number of allylic oxidation sites excluding steroid dienone is 1. The van der Waals surface area contributed by atoms with Gasteiger partial charge in [-0.25, -0.2) is 4.85 Å². The number of halogens is 3. The van der Waals surface area contributed by atoms with E-state index < -0.39 is 23.6 Å². The molecule has 0 heterocycles. The van der Waals surface area contributed by atoms with Gasteiger partial charge in [-0.15, -0.1) is 0 Å². The van der Waals surface area contributed by atoms with E-state index >= 15 is 0 Å². The van der Waals surface area contributed by atoms with Crippen LogP contribution in [-0.2, 0) is 33.0 Å². The van der Waals surface area contributed by atoms with Gasteiger partial charge >= 0.3 is 17.8 Å². The fourth-order valence-corrected chi connectivity index (χ4v) is 2.52. The molecule has 0 aliphatic heterocycles. The summed E-state index contributed by atoms with van der Waals surface area (Å²) in [5, 5.41) is 8.94. The summed E-state index contributed by atoms with van der Waals surface area (Å²) in [5.74, 6) is -2.53. The summed E-state index contributed by atoms with van der Waals surface area (Å²) < 4.78 is 47.7. The van der Waals surface area contributed by atoms with Crippen LogP contribution in [-0.4, -0.2) is 30.5 Å². The molecule has 9 heteroatoms. The number of aliphatic hydroxyl groups excluding tert-OH is 1. The minimum Gasteiger partial charge on any atom is -0.515 e. The monoisotopic (exact) mass is 476 g/mol. The Hall–Kier alpha value is -2.17. The molecule has 0 fully saturated rings. The Balaban J connectivity index is 0.00000841. The predicted octanol–water partition coefficient (Wildman–Crippen LogP) is 5.62. The maximum atomic E-state index is 12.4. The van der Waals surface area contributed by atoms with Gasteiger partial charge in [-0.1, -0.05) is 45.2 Å². The van der Waals surface area contributed by atoms with E-state index in [9.17, 15) is 18.0 Å². The van der Waals surface area contributed by atoms with E-state index in [0.29, 0.717) is 18.3 Å². The number of hydrogen-bond donors (Lipinski definition) is 1. The molecule has 0 aliphatic rings. The molecule has 1 N–H and O–H groups in total. The summed E-state index contributed by atoms with van der Waals surface area (Å²) in [6, 6.07) is 7.11. The zero-order chi connectivity index (χ0) is 21.9. The summed E-state index contributed by atoms with van der Waals surface area (Å²) in [7, 11) is 0. The third-order valence-corrected chi connectivity index (χ3v) is 4.37. The van der Waals surface area contributed by atoms with Crippen LogP contribution in [0, 0.1) is 12.5 Å². The van der Waals surface area contributed by atoms with Gasteiger partial charge in [0, 0.05) is 23.5 Å². The standard InChI is InChI=1S/C21H26F3NO4.Cu/c1-4-6-7-15(5-2)14-29-17-10-8-16(9-11-17)12-13-28-20(27)18(25-3)19(26)21(22,23)24;/h8-11,15,26H,4-7,12-14H2,1-2H3;/b19-18+;. The molecule has 5 nitrogen and oxygen atoms in total. The first-order valence-electron chi connectivity index (χ1n) is 9.49. The van der Waals surface area contributed by atoms with Gasteiger partial charge in [0.05, 0.1) is 19.8 Å². The van der Waals surface area contributed by atoms with Crippen LogP contribution in [0.25, 0.3) is 4.85 Å². The van der Waals surface area contributed by atoms with Crippen molar-refractivity contribution in [1.29, 1.82) is 0 Å². The van der Waals surface area contributed by atoms with Gasteiger partial charge in [-0.3, -0.25) is 4.79 Å². The quantitative estimate of drug-likeness (QED) is 0.148. The number of carbonyl (C=O) groups is 1. The van der Waals surface area contributed by atoms with Gasteiger partial charge in [0.1, 0.15) is 5.75 Å². The van der Waals surface area contributed by atoms with Crippen molar-refractivity contribution in [3.8, 4) is 5.75 Å². The Morgan fingerprint density at radius 2 is 1.87 bits per heavy atom. The fraction of sp³-hybridized carbons (Fsp3) is 0.524. The van der Waals surface area contributed by atoms with E-state index in [2.05, 4.69) is 23.4 Å². The number of nitrogens with zero attached hydrogens (tertiary/aromatic N) is 1. The van der Waals surface area contributed by atoms with E-state index in [4.69, 9.17) is 16.4 Å². The number of ether oxygens (including phenoxy) is 2. The first-order chi connectivity index (χ1) is 13.7. The Bertz CT molecular complexity index is 727. The molecule has 0 aliphatic carbocycles. The molecule has 0 saturated heterocycles. The van der Waals surface area contributed by atoms with Crippen molar-refractivity contribution in [1.82, 2.24) is 0 Å². The summed E-state index contributed by atoms with van der Waals surface area (Å²) >= 11 is 0. The molecule has 1 rings (SSSR count). The Labute approximate surface area is 185 Å². The molecule has 0 spiro atoms. The number of rotatable bonds is 11. The second kappa shape index (κ2) is 13.9. The molecule has 0 saturated carbocycles. The third kappa shape index (κ3) is 9.55. The molecule has 1 unspecified atom stereocenters. The van der Waals surface area contributed by atoms with Crippen LogP contribution in [0.5, 0.6) is 5.75 Å². The van der Waals surface area contributed by atoms with Crippen molar-refractivity contribution >= 4 is 5.97 Å². The van der Waals surface area contributed by atoms with Crippen LogP contribution in [0.15, 0.2) is 35.7 Å². The van der Waals surface area contributed by atoms with E-state index in [-0.39, 0.29) is 30.1 Å². The molecular weight excluding hydrogens is 451 g/mol. The number of carbonyl (C=O) groups excluding carboxylic acids is 1. The smallest absolute Gasteiger partial charge is 0.438 e. The summed E-state index contributed by atoms with van der Waals surface area (Å²) in [4.78, 5) is 14.0. The molecule has 171 valence electrons. The van der Waals surface area contributed by atoms with Gasteiger partial charge in [0.2, 0.25) is 5.76 Å². The number of aliphatic hydroxyl groups is 1. The van der Waals surface area contributed by atoms with Gasteiger partial charge in [-0.05, 0) is 30.0 Å². The second-order valence-electron chi connectivity index (χ2n) is 6.56. The molecule has 1 aromatic carbocycles. The number of esters is 1. The largest absolute Gasteiger partial charge is 0.515 e. The first-order valence-corrected chi connectivity index (χ1v) is 9.49. The molecule has 0 aromatic heterocycles. The van der Waals surface area contributed by atoms with Crippen molar-refractivity contribution in [3.05, 3.63) is 52.7 Å². The minimum absolute atomic E-state index is 0. The van der Waals surface area contributed by atoms with E-state index in [1.54, 1.807) is 24.3 Å². The van der Waals surface area contributed by atoms with Crippen LogP contribution >= 0.6 is 0 Å². The zero-order valence-electron chi connectivity index (χ0n) is 16.9. The second-order valence-corrected chi connectivity index (χ2v) is 6.56. The Morgan fingerprint density at radius 1 is 1.23 bits per heavy atom. The van der Waals surface area contributed by atoms with Gasteiger partial charge < -0.3 is 14.6 Å². The average molecular weight is 477 g/mol. The Morgan fingerprint density at radius 3 is 2.37 bits per heavy atom. The van der Waals surface area contributed by atoms with Crippen LogP contribution < -0.4 is 4.74 Å². The van der Waals surface area contributed by atoms with Crippen LogP contribution in [0.1, 0.15) is 45.1 Å². The van der Waals surface area contributed by atoms with Crippen molar-refractivity contribution in [3.63, 3.8) is 0 Å². The van der Waals surface area contributed by atoms with Crippen LogP contribution in [0.2, 0.25) is 0 Å². The third-order valence-electron chi connectivity index (χ3n) is 4.37. The molecule has 1 radical (unpaired) electrons. The van der Waals surface area contributed by atoms with Gasteiger partial charge in [0.25, 0.3) is 0 Å². The van der Waals surface area contributed by atoms with Gasteiger partial charge in [0.15, 0.2) is 0 Å². The Kier molecular flexibility index (Phi) is 12.9. The predicted molar refractivity (Wildman–Crippen MR) is 102 cm³/mol. The number of unbranched alkanes of at least 4 members (excludes halogenated alkanes) is 1. The van der Waals surface area contributed by atoms with E-state index in [1.807, 2.05) is 0 Å². The summed E-state index contributed by atoms with van der Waals surface area (Å²) in [6.45, 7) is 11.3. The maximum absolute atomic E-state index is 12.4. The first kappa shape index (κ1) is 27.8. The number of hydrogen-bond acceptors (Lipinski definition) is 4. The van der Waals surface area contributed by atoms with E-state index in [0.717, 1.165) is 24.8 Å². The minimum atomic E-state index is -5.18. The van der Waals surface area contributed by atoms with Crippen LogP contribution in [0.3, 0.4) is 0 Å². The number of benzene rings is 1. The summed E-state index contributed by atoms with van der Waals surface area (Å²) in [6.07, 6.45) is -0.431. The number of alkyl halides is 3. The summed E-state index contributed by atoms with van der Waals surface area (Å²) in [5.41, 5.74) is -0.689. The maximum Gasteiger partial charge on any atom is 0.438 e. The topological polar surface area (TPSA) is 60.1 Å². The molecular formula is C21H26CuF3NO4. The average Bonchev–Trinajstić information content (AvgIpc) is 2.69. The van der Waals surface area contributed by atoms with Crippen molar-refractivity contribution < 1.29 is 49.6 Å². The molecule has 1 atom stereocenters. The molecule has 30 heavy (non-hydrogen) atoms. The van der Waals surface area contributed by atoms with Crippen molar-refractivity contribution in [2.24, 2.45) is 5.92 Å². The van der Waals surface area contributed by atoms with Crippen LogP contribution in [0.4, 0.5) is 13.2 Å². The van der Waals surface area contributed by atoms with Crippen molar-refractivity contribution in [2.45, 2.75) is 52.1 Å².